The molecule has 4 rings (SSSR count). The molecule has 0 aliphatic heterocycles. The summed E-state index contributed by atoms with van der Waals surface area (Å²) in [6.45, 7) is 2.97. The summed E-state index contributed by atoms with van der Waals surface area (Å²) in [5, 5.41) is 12.3. The summed E-state index contributed by atoms with van der Waals surface area (Å²) >= 11 is 0. The molecule has 11 nitrogen and oxygen atoms in total. The average molecular weight is 570 g/mol. The van der Waals surface area contributed by atoms with Gasteiger partial charge in [0.05, 0.1) is 11.4 Å². The highest BCUT2D eigenvalue weighted by Crippen LogP contribution is 2.26. The van der Waals surface area contributed by atoms with Gasteiger partial charge in [0.1, 0.15) is 17.9 Å². The number of ether oxygens (including phenoxy) is 1. The SMILES string of the molecule is CN(C)Cc1c(C(=O)NCCOc2ccc(C(=O)NO)cc2)oc2ccccc12.Cc1ccc(S(=O)(=O)O)cc1. The van der Waals surface area contributed by atoms with Crippen LogP contribution in [0.3, 0.4) is 0 Å². The third-order valence-corrected chi connectivity index (χ3v) is 6.44. The van der Waals surface area contributed by atoms with Gasteiger partial charge in [0, 0.05) is 23.1 Å². The van der Waals surface area contributed by atoms with Crippen molar-refractivity contribution in [2.24, 2.45) is 0 Å². The molecule has 0 spiro atoms. The van der Waals surface area contributed by atoms with E-state index in [2.05, 4.69) is 5.32 Å². The molecule has 2 amide bonds. The lowest BCUT2D eigenvalue weighted by atomic mass is 10.1. The van der Waals surface area contributed by atoms with E-state index in [1.165, 1.54) is 24.3 Å². The fourth-order valence-corrected chi connectivity index (χ4v) is 4.13. The van der Waals surface area contributed by atoms with Crippen molar-refractivity contribution in [2.75, 3.05) is 27.2 Å². The largest absolute Gasteiger partial charge is 0.492 e. The molecule has 1 aromatic heterocycles. The van der Waals surface area contributed by atoms with E-state index in [1.807, 2.05) is 50.2 Å². The van der Waals surface area contributed by atoms with Crippen LogP contribution in [0.2, 0.25) is 0 Å². The number of nitrogens with one attached hydrogen (secondary N) is 2. The van der Waals surface area contributed by atoms with Gasteiger partial charge >= 0.3 is 0 Å². The number of benzene rings is 3. The third-order valence-electron chi connectivity index (χ3n) is 5.57. The van der Waals surface area contributed by atoms with Crippen LogP contribution in [0.15, 0.2) is 82.1 Å². The molecular formula is C28H31N3O8S. The van der Waals surface area contributed by atoms with Gasteiger partial charge in [-0.2, -0.15) is 8.42 Å². The van der Waals surface area contributed by atoms with Crippen molar-refractivity contribution in [3.63, 3.8) is 0 Å². The predicted octanol–water partition coefficient (Wildman–Crippen LogP) is 3.66. The molecule has 212 valence electrons. The highest BCUT2D eigenvalue weighted by Gasteiger charge is 2.20. The van der Waals surface area contributed by atoms with E-state index in [4.69, 9.17) is 18.9 Å². The quantitative estimate of drug-likeness (QED) is 0.102. The van der Waals surface area contributed by atoms with Crippen molar-refractivity contribution in [1.82, 2.24) is 15.7 Å². The topological polar surface area (TPSA) is 158 Å². The van der Waals surface area contributed by atoms with Gasteiger partial charge in [-0.05, 0) is 63.5 Å². The summed E-state index contributed by atoms with van der Waals surface area (Å²) in [5.74, 6) is -0.0372. The van der Waals surface area contributed by atoms with E-state index in [1.54, 1.807) is 29.7 Å². The molecule has 0 atom stereocenters. The zero-order valence-corrected chi connectivity index (χ0v) is 23.1. The van der Waals surface area contributed by atoms with Gasteiger partial charge < -0.3 is 19.4 Å². The number of carbonyl (C=O) groups is 2. The Kier molecular flexibility index (Phi) is 10.4. The predicted molar refractivity (Wildman–Crippen MR) is 148 cm³/mol. The Balaban J connectivity index is 0.000000336. The van der Waals surface area contributed by atoms with Crippen LogP contribution in [0.25, 0.3) is 11.0 Å². The lowest BCUT2D eigenvalue weighted by Crippen LogP contribution is -2.29. The molecular weight excluding hydrogens is 538 g/mol. The molecule has 1 heterocycles. The lowest BCUT2D eigenvalue weighted by Gasteiger charge is -2.11. The molecule has 0 unspecified atom stereocenters. The van der Waals surface area contributed by atoms with Crippen molar-refractivity contribution < 1.29 is 36.9 Å². The molecule has 4 N–H and O–H groups in total. The van der Waals surface area contributed by atoms with Crippen molar-refractivity contribution in [1.29, 1.82) is 0 Å². The van der Waals surface area contributed by atoms with Crippen LogP contribution < -0.4 is 15.5 Å². The van der Waals surface area contributed by atoms with Crippen LogP contribution in [0, 0.1) is 6.92 Å². The van der Waals surface area contributed by atoms with Crippen LogP contribution in [0.1, 0.15) is 32.0 Å². The summed E-state index contributed by atoms with van der Waals surface area (Å²) in [6, 6.07) is 19.8. The first-order chi connectivity index (χ1) is 19.0. The van der Waals surface area contributed by atoms with Gasteiger partial charge in [0.25, 0.3) is 21.9 Å². The van der Waals surface area contributed by atoms with Gasteiger partial charge in [-0.3, -0.25) is 19.3 Å². The fraction of sp³-hybridized carbons (Fsp3) is 0.214. The minimum absolute atomic E-state index is 0.0666. The minimum atomic E-state index is -4.02. The second kappa shape index (κ2) is 13.7. The summed E-state index contributed by atoms with van der Waals surface area (Å²) in [4.78, 5) is 25.8. The summed E-state index contributed by atoms with van der Waals surface area (Å²) in [5.41, 5.74) is 4.36. The number of hydroxylamine groups is 1. The lowest BCUT2D eigenvalue weighted by molar-refractivity contribution is 0.0706. The standard InChI is InChI=1S/C21H23N3O5.C7H8O3S/c1-24(2)13-17-16-5-3-4-6-18(16)29-19(17)21(26)22-11-12-28-15-9-7-14(8-10-15)20(25)23-27;1-6-2-4-7(5-3-6)11(8,9)10/h3-10,27H,11-13H2,1-2H3,(H,22,26)(H,23,25);2-5H,1H3,(H,8,9,10). The number of carbonyl (C=O) groups excluding carboxylic acids is 2. The maximum absolute atomic E-state index is 12.6. The molecule has 0 radical (unpaired) electrons. The zero-order valence-electron chi connectivity index (χ0n) is 22.2. The van der Waals surface area contributed by atoms with E-state index in [-0.39, 0.29) is 24.0 Å². The van der Waals surface area contributed by atoms with E-state index < -0.39 is 16.0 Å². The Morgan fingerprint density at radius 3 is 2.20 bits per heavy atom. The molecule has 0 fully saturated rings. The number of furan rings is 1. The van der Waals surface area contributed by atoms with Gasteiger partial charge in [-0.1, -0.05) is 35.9 Å². The number of nitrogens with zero attached hydrogens (tertiary/aromatic N) is 1. The molecule has 0 saturated heterocycles. The minimum Gasteiger partial charge on any atom is -0.492 e. The summed E-state index contributed by atoms with van der Waals surface area (Å²) in [6.07, 6.45) is 0. The number of hydrogen-bond acceptors (Lipinski definition) is 8. The number of fused-ring (bicyclic) bond motifs is 1. The van der Waals surface area contributed by atoms with Crippen LogP contribution in [-0.2, 0) is 16.7 Å². The number of amides is 2. The zero-order chi connectivity index (χ0) is 29.3. The van der Waals surface area contributed by atoms with E-state index >= 15 is 0 Å². The van der Waals surface area contributed by atoms with Gasteiger partial charge in [0.2, 0.25) is 0 Å². The highest BCUT2D eigenvalue weighted by atomic mass is 32.2. The Labute approximate surface area is 232 Å². The molecule has 0 aliphatic rings. The van der Waals surface area contributed by atoms with Crippen molar-refractivity contribution in [3.05, 3.63) is 95.2 Å². The molecule has 12 heteroatoms. The third kappa shape index (κ3) is 8.38. The molecule has 0 bridgehead atoms. The molecule has 40 heavy (non-hydrogen) atoms. The second-order valence-corrected chi connectivity index (χ2v) is 10.4. The van der Waals surface area contributed by atoms with Gasteiger partial charge in [-0.25, -0.2) is 5.48 Å². The van der Waals surface area contributed by atoms with E-state index in [0.29, 0.717) is 29.2 Å². The van der Waals surface area contributed by atoms with Crippen molar-refractivity contribution in [3.8, 4) is 5.75 Å². The van der Waals surface area contributed by atoms with Crippen LogP contribution in [-0.4, -0.2) is 62.1 Å². The van der Waals surface area contributed by atoms with Gasteiger partial charge in [-0.15, -0.1) is 0 Å². The Hall–Kier alpha value is -4.23. The van der Waals surface area contributed by atoms with Crippen LogP contribution in [0.5, 0.6) is 5.75 Å². The van der Waals surface area contributed by atoms with Gasteiger partial charge in [0.15, 0.2) is 5.76 Å². The molecule has 4 aromatic rings. The van der Waals surface area contributed by atoms with E-state index in [9.17, 15) is 18.0 Å². The smallest absolute Gasteiger partial charge is 0.294 e. The number of rotatable bonds is 9. The maximum Gasteiger partial charge on any atom is 0.294 e. The van der Waals surface area contributed by atoms with E-state index in [0.717, 1.165) is 16.5 Å². The number of hydrogen-bond donors (Lipinski definition) is 4. The Morgan fingerprint density at radius 2 is 1.60 bits per heavy atom. The molecule has 3 aromatic carbocycles. The van der Waals surface area contributed by atoms with Crippen LogP contribution in [0.4, 0.5) is 0 Å². The Bertz CT molecular complexity index is 1550. The average Bonchev–Trinajstić information content (AvgIpc) is 3.29. The number of aryl methyl sites for hydroxylation is 1. The van der Waals surface area contributed by atoms with Crippen molar-refractivity contribution >= 4 is 32.9 Å². The molecule has 0 aliphatic carbocycles. The van der Waals surface area contributed by atoms with Crippen molar-refractivity contribution in [2.45, 2.75) is 18.4 Å². The summed E-state index contributed by atoms with van der Waals surface area (Å²) in [7, 11) is -0.145. The first kappa shape index (κ1) is 30.3. The number of para-hydroxylation sites is 1. The monoisotopic (exact) mass is 569 g/mol. The first-order valence-corrected chi connectivity index (χ1v) is 13.6. The fourth-order valence-electron chi connectivity index (χ4n) is 3.65. The molecule has 0 saturated carbocycles. The van der Waals surface area contributed by atoms with Crippen LogP contribution >= 0.6 is 0 Å². The maximum atomic E-state index is 12.6. The highest BCUT2D eigenvalue weighted by molar-refractivity contribution is 7.85. The Morgan fingerprint density at radius 1 is 0.950 bits per heavy atom. The summed E-state index contributed by atoms with van der Waals surface area (Å²) < 4.78 is 40.9. The first-order valence-electron chi connectivity index (χ1n) is 12.1. The normalized spacial score (nSPS) is 11.1. The second-order valence-electron chi connectivity index (χ2n) is 9.00.